The van der Waals surface area contributed by atoms with Gasteiger partial charge in [0.15, 0.2) is 5.76 Å². The third-order valence-corrected chi connectivity index (χ3v) is 4.20. The van der Waals surface area contributed by atoms with Gasteiger partial charge in [0.2, 0.25) is 0 Å². The maximum atomic E-state index is 12.3. The third kappa shape index (κ3) is 2.68. The molecule has 0 saturated carbocycles. The van der Waals surface area contributed by atoms with Crippen molar-refractivity contribution in [2.75, 3.05) is 0 Å². The van der Waals surface area contributed by atoms with Gasteiger partial charge in [-0.3, -0.25) is 4.79 Å². The van der Waals surface area contributed by atoms with E-state index in [-0.39, 0.29) is 17.1 Å². The van der Waals surface area contributed by atoms with Crippen LogP contribution >= 0.6 is 0 Å². The van der Waals surface area contributed by atoms with Crippen LogP contribution in [0.3, 0.4) is 0 Å². The molecule has 5 heteroatoms. The second-order valence-electron chi connectivity index (χ2n) is 6.72. The number of nitrogens with one attached hydrogen (secondary N) is 1. The minimum atomic E-state index is -0.575. The molecule has 1 aliphatic carbocycles. The number of aliphatic hydroxyl groups excluding tert-OH is 1. The van der Waals surface area contributed by atoms with Crippen LogP contribution in [0.2, 0.25) is 0 Å². The summed E-state index contributed by atoms with van der Waals surface area (Å²) in [6.07, 6.45) is 2.39. The standard InChI is InChI=1S/C17H21NO4/c1-10-14-12(19)7-17(2,3)8-13(14)22-15(10)16(20)18-9-11-5-4-6-21-11/h4-6,12,19H,7-9H2,1-3H3,(H,18,20)/t12-/m0/s1. The van der Waals surface area contributed by atoms with Gasteiger partial charge < -0.3 is 19.3 Å². The van der Waals surface area contributed by atoms with E-state index in [0.29, 0.717) is 18.7 Å². The summed E-state index contributed by atoms with van der Waals surface area (Å²) in [4.78, 5) is 12.3. The van der Waals surface area contributed by atoms with Gasteiger partial charge in [0.25, 0.3) is 5.91 Å². The molecule has 22 heavy (non-hydrogen) atoms. The number of fused-ring (bicyclic) bond motifs is 1. The average Bonchev–Trinajstić information content (AvgIpc) is 3.02. The topological polar surface area (TPSA) is 75.6 Å². The number of hydrogen-bond donors (Lipinski definition) is 2. The summed E-state index contributed by atoms with van der Waals surface area (Å²) >= 11 is 0. The van der Waals surface area contributed by atoms with Gasteiger partial charge in [-0.25, -0.2) is 0 Å². The Hall–Kier alpha value is -2.01. The van der Waals surface area contributed by atoms with E-state index in [1.54, 1.807) is 18.4 Å². The van der Waals surface area contributed by atoms with Crippen LogP contribution in [-0.2, 0) is 13.0 Å². The fraction of sp³-hybridized carbons (Fsp3) is 0.471. The molecule has 0 unspecified atom stereocenters. The SMILES string of the molecule is Cc1c(C(=O)NCc2ccco2)oc2c1[C@@H](O)CC(C)(C)C2. The van der Waals surface area contributed by atoms with Crippen molar-refractivity contribution in [3.8, 4) is 0 Å². The van der Waals surface area contributed by atoms with E-state index in [1.165, 1.54) is 0 Å². The Labute approximate surface area is 129 Å². The summed E-state index contributed by atoms with van der Waals surface area (Å²) in [7, 11) is 0. The highest BCUT2D eigenvalue weighted by atomic mass is 16.4. The molecule has 2 N–H and O–H groups in total. The summed E-state index contributed by atoms with van der Waals surface area (Å²) < 4.78 is 11.0. The van der Waals surface area contributed by atoms with Crippen LogP contribution in [-0.4, -0.2) is 11.0 Å². The molecule has 0 fully saturated rings. The van der Waals surface area contributed by atoms with Crippen molar-refractivity contribution in [3.05, 3.63) is 46.8 Å². The fourth-order valence-corrected chi connectivity index (χ4v) is 3.16. The first-order valence-corrected chi connectivity index (χ1v) is 7.48. The van der Waals surface area contributed by atoms with Gasteiger partial charge in [0.05, 0.1) is 18.9 Å². The van der Waals surface area contributed by atoms with E-state index < -0.39 is 6.10 Å². The zero-order valence-electron chi connectivity index (χ0n) is 13.1. The third-order valence-electron chi connectivity index (χ3n) is 4.20. The lowest BCUT2D eigenvalue weighted by Crippen LogP contribution is -2.25. The van der Waals surface area contributed by atoms with Gasteiger partial charge in [0.1, 0.15) is 11.5 Å². The zero-order valence-corrected chi connectivity index (χ0v) is 13.1. The second kappa shape index (κ2) is 5.32. The van der Waals surface area contributed by atoms with Crippen molar-refractivity contribution in [2.24, 2.45) is 5.41 Å². The molecule has 0 radical (unpaired) electrons. The molecule has 1 amide bonds. The monoisotopic (exact) mass is 303 g/mol. The predicted octanol–water partition coefficient (Wildman–Crippen LogP) is 3.12. The van der Waals surface area contributed by atoms with Crippen LogP contribution in [0.1, 0.15) is 59.6 Å². The quantitative estimate of drug-likeness (QED) is 0.913. The Morgan fingerprint density at radius 2 is 2.27 bits per heavy atom. The highest BCUT2D eigenvalue weighted by molar-refractivity contribution is 5.93. The van der Waals surface area contributed by atoms with Crippen LogP contribution in [0.4, 0.5) is 0 Å². The number of rotatable bonds is 3. The van der Waals surface area contributed by atoms with Crippen molar-refractivity contribution < 1.29 is 18.7 Å². The molecule has 2 heterocycles. The summed E-state index contributed by atoms with van der Waals surface area (Å²) in [5.74, 6) is 1.41. The lowest BCUT2D eigenvalue weighted by atomic mass is 9.75. The highest BCUT2D eigenvalue weighted by Crippen LogP contribution is 2.43. The molecule has 2 aromatic heterocycles. The molecule has 0 aromatic carbocycles. The maximum absolute atomic E-state index is 12.3. The average molecular weight is 303 g/mol. The highest BCUT2D eigenvalue weighted by Gasteiger charge is 2.37. The summed E-state index contributed by atoms with van der Waals surface area (Å²) in [6, 6.07) is 3.57. The van der Waals surface area contributed by atoms with E-state index in [1.807, 2.05) is 6.92 Å². The molecule has 0 bridgehead atoms. The molecule has 1 atom stereocenters. The molecular formula is C17H21NO4. The van der Waals surface area contributed by atoms with Crippen molar-refractivity contribution in [1.29, 1.82) is 0 Å². The smallest absolute Gasteiger partial charge is 0.287 e. The van der Waals surface area contributed by atoms with E-state index in [9.17, 15) is 9.90 Å². The number of carbonyl (C=O) groups is 1. The van der Waals surface area contributed by atoms with Gasteiger partial charge in [-0.2, -0.15) is 0 Å². The first-order chi connectivity index (χ1) is 10.4. The minimum absolute atomic E-state index is 0.0291. The first kappa shape index (κ1) is 14.9. The summed E-state index contributed by atoms with van der Waals surface area (Å²) in [6.45, 7) is 6.32. The van der Waals surface area contributed by atoms with Crippen molar-refractivity contribution in [2.45, 2.75) is 46.3 Å². The lowest BCUT2D eigenvalue weighted by molar-refractivity contribution is 0.0882. The minimum Gasteiger partial charge on any atom is -0.467 e. The van der Waals surface area contributed by atoms with Crippen molar-refractivity contribution in [3.63, 3.8) is 0 Å². The first-order valence-electron chi connectivity index (χ1n) is 7.48. The van der Waals surface area contributed by atoms with Crippen LogP contribution in [0, 0.1) is 12.3 Å². The number of hydrogen-bond acceptors (Lipinski definition) is 4. The zero-order chi connectivity index (χ0) is 15.9. The number of aliphatic hydroxyl groups is 1. The lowest BCUT2D eigenvalue weighted by Gasteiger charge is -2.31. The van der Waals surface area contributed by atoms with E-state index in [2.05, 4.69) is 19.2 Å². The molecule has 0 spiro atoms. The molecule has 5 nitrogen and oxygen atoms in total. The van der Waals surface area contributed by atoms with E-state index in [0.717, 1.165) is 23.3 Å². The Morgan fingerprint density at radius 3 is 2.95 bits per heavy atom. The molecule has 3 rings (SSSR count). The molecule has 2 aromatic rings. The Morgan fingerprint density at radius 1 is 1.50 bits per heavy atom. The van der Waals surface area contributed by atoms with Crippen LogP contribution < -0.4 is 5.32 Å². The van der Waals surface area contributed by atoms with Crippen LogP contribution in [0.5, 0.6) is 0 Å². The normalized spacial score (nSPS) is 19.7. The van der Waals surface area contributed by atoms with Crippen LogP contribution in [0.15, 0.2) is 27.2 Å². The Balaban J connectivity index is 1.82. The largest absolute Gasteiger partial charge is 0.467 e. The molecule has 118 valence electrons. The number of carbonyl (C=O) groups excluding carboxylic acids is 1. The molecule has 0 aliphatic heterocycles. The summed E-state index contributed by atoms with van der Waals surface area (Å²) in [5.41, 5.74) is 1.48. The van der Waals surface area contributed by atoms with Gasteiger partial charge >= 0.3 is 0 Å². The number of furan rings is 2. The fourth-order valence-electron chi connectivity index (χ4n) is 3.16. The van der Waals surface area contributed by atoms with Crippen LogP contribution in [0.25, 0.3) is 0 Å². The predicted molar refractivity (Wildman–Crippen MR) is 80.4 cm³/mol. The van der Waals surface area contributed by atoms with E-state index in [4.69, 9.17) is 8.83 Å². The van der Waals surface area contributed by atoms with Gasteiger partial charge in [-0.1, -0.05) is 13.8 Å². The van der Waals surface area contributed by atoms with Crippen molar-refractivity contribution in [1.82, 2.24) is 5.32 Å². The van der Waals surface area contributed by atoms with E-state index >= 15 is 0 Å². The van der Waals surface area contributed by atoms with Gasteiger partial charge in [-0.05, 0) is 30.9 Å². The molecule has 0 saturated heterocycles. The maximum Gasteiger partial charge on any atom is 0.287 e. The van der Waals surface area contributed by atoms with Gasteiger partial charge in [0, 0.05) is 17.5 Å². The molecular weight excluding hydrogens is 282 g/mol. The van der Waals surface area contributed by atoms with Gasteiger partial charge in [-0.15, -0.1) is 0 Å². The van der Waals surface area contributed by atoms with Crippen molar-refractivity contribution >= 4 is 5.91 Å². The Bertz CT molecular complexity index is 682. The number of amides is 1. The Kier molecular flexibility index (Phi) is 3.60. The molecule has 1 aliphatic rings. The summed E-state index contributed by atoms with van der Waals surface area (Å²) in [5, 5.41) is 13.1. The second-order valence-corrected chi connectivity index (χ2v) is 6.72.